The molecular formula is C23H32N2O3S. The molecule has 29 heavy (non-hydrogen) atoms. The highest BCUT2D eigenvalue weighted by atomic mass is 32.1. The van der Waals surface area contributed by atoms with Gasteiger partial charge in [-0.2, -0.15) is 0 Å². The van der Waals surface area contributed by atoms with E-state index in [1.165, 1.54) is 32.1 Å². The Hall–Kier alpha value is -1.47. The molecule has 1 saturated carbocycles. The van der Waals surface area contributed by atoms with Crippen LogP contribution in [0.3, 0.4) is 0 Å². The van der Waals surface area contributed by atoms with Gasteiger partial charge in [0.15, 0.2) is 0 Å². The molecule has 0 unspecified atom stereocenters. The first kappa shape index (κ1) is 20.8. The number of fused-ring (bicyclic) bond motifs is 1. The van der Waals surface area contributed by atoms with Crippen LogP contribution in [0.15, 0.2) is 24.3 Å². The van der Waals surface area contributed by atoms with Crippen molar-refractivity contribution in [1.82, 2.24) is 10.2 Å². The summed E-state index contributed by atoms with van der Waals surface area (Å²) in [7, 11) is 1.65. The van der Waals surface area contributed by atoms with E-state index in [1.807, 2.05) is 12.1 Å². The number of methoxy groups -OCH3 is 1. The van der Waals surface area contributed by atoms with Crippen molar-refractivity contribution >= 4 is 27.3 Å². The summed E-state index contributed by atoms with van der Waals surface area (Å²) < 4.78 is 12.4. The lowest BCUT2D eigenvalue weighted by molar-refractivity contribution is -0.0353. The number of amides is 1. The molecule has 2 aromatic rings. The van der Waals surface area contributed by atoms with Crippen molar-refractivity contribution in [1.29, 1.82) is 0 Å². The molecule has 1 aliphatic heterocycles. The van der Waals surface area contributed by atoms with Crippen molar-refractivity contribution in [3.8, 4) is 0 Å². The van der Waals surface area contributed by atoms with E-state index < -0.39 is 0 Å². The number of nitrogens with one attached hydrogen (secondary N) is 1. The molecule has 0 radical (unpaired) electrons. The number of morpholine rings is 1. The Labute approximate surface area is 177 Å². The number of hydrogen-bond acceptors (Lipinski definition) is 5. The molecule has 1 atom stereocenters. The minimum atomic E-state index is -0.0494. The zero-order valence-electron chi connectivity index (χ0n) is 17.3. The maximum Gasteiger partial charge on any atom is 0.261 e. The van der Waals surface area contributed by atoms with Crippen LogP contribution < -0.4 is 5.32 Å². The van der Waals surface area contributed by atoms with Crippen LogP contribution in [0.25, 0.3) is 10.1 Å². The second-order valence-corrected chi connectivity index (χ2v) is 9.26. The zero-order valence-corrected chi connectivity index (χ0v) is 18.1. The molecule has 1 aliphatic carbocycles. The molecule has 1 amide bonds. The quantitative estimate of drug-likeness (QED) is 0.686. The third-order valence-corrected chi connectivity index (χ3v) is 7.33. The van der Waals surface area contributed by atoms with E-state index in [2.05, 4.69) is 22.3 Å². The maximum absolute atomic E-state index is 12.9. The van der Waals surface area contributed by atoms with Gasteiger partial charge in [-0.25, -0.2) is 0 Å². The predicted molar refractivity (Wildman–Crippen MR) is 118 cm³/mol. The van der Waals surface area contributed by atoms with Crippen LogP contribution in [0.2, 0.25) is 0 Å². The fraction of sp³-hybridized carbons (Fsp3) is 0.609. The van der Waals surface area contributed by atoms with Gasteiger partial charge in [0.25, 0.3) is 5.91 Å². The Morgan fingerprint density at radius 1 is 1.28 bits per heavy atom. The lowest BCUT2D eigenvalue weighted by atomic mass is 9.88. The van der Waals surface area contributed by atoms with Gasteiger partial charge in [0.05, 0.1) is 24.2 Å². The van der Waals surface area contributed by atoms with E-state index in [-0.39, 0.29) is 12.0 Å². The second-order valence-electron chi connectivity index (χ2n) is 8.21. The molecule has 2 fully saturated rings. The molecule has 1 N–H and O–H groups in total. The number of benzene rings is 1. The monoisotopic (exact) mass is 416 g/mol. The van der Waals surface area contributed by atoms with Gasteiger partial charge in [0.1, 0.15) is 0 Å². The molecular weight excluding hydrogens is 384 g/mol. The summed E-state index contributed by atoms with van der Waals surface area (Å²) in [5, 5.41) is 4.15. The number of nitrogens with zero attached hydrogens (tertiary/aromatic N) is 1. The first-order chi connectivity index (χ1) is 14.3. The van der Waals surface area contributed by atoms with Gasteiger partial charge in [-0.15, -0.1) is 11.3 Å². The van der Waals surface area contributed by atoms with Crippen LogP contribution in [0, 0.1) is 5.92 Å². The normalized spacial score (nSPS) is 21.5. The molecule has 2 aliphatic rings. The van der Waals surface area contributed by atoms with Crippen LogP contribution in [0.5, 0.6) is 0 Å². The average Bonchev–Trinajstić information content (AvgIpc) is 3.14. The first-order valence-electron chi connectivity index (χ1n) is 10.9. The number of thiophene rings is 1. The van der Waals surface area contributed by atoms with Gasteiger partial charge in [0, 0.05) is 43.6 Å². The number of carbonyl (C=O) groups is 1. The number of hydrogen-bond donors (Lipinski definition) is 1. The topological polar surface area (TPSA) is 50.8 Å². The van der Waals surface area contributed by atoms with Gasteiger partial charge >= 0.3 is 0 Å². The first-order valence-corrected chi connectivity index (χ1v) is 11.7. The van der Waals surface area contributed by atoms with Crippen LogP contribution in [0.1, 0.15) is 53.4 Å². The fourth-order valence-electron chi connectivity index (χ4n) is 4.68. The van der Waals surface area contributed by atoms with Gasteiger partial charge < -0.3 is 14.8 Å². The van der Waals surface area contributed by atoms with E-state index in [4.69, 9.17) is 9.47 Å². The third kappa shape index (κ3) is 5.00. The molecule has 6 heteroatoms. The van der Waals surface area contributed by atoms with Crippen molar-refractivity contribution in [2.45, 2.75) is 38.2 Å². The Morgan fingerprint density at radius 3 is 2.93 bits per heavy atom. The van der Waals surface area contributed by atoms with Crippen molar-refractivity contribution in [2.24, 2.45) is 5.92 Å². The summed E-state index contributed by atoms with van der Waals surface area (Å²) in [4.78, 5) is 16.3. The Kier molecular flexibility index (Phi) is 7.19. The molecule has 0 spiro atoms. The average molecular weight is 417 g/mol. The number of carbonyl (C=O) groups excluding carboxylic acids is 1. The van der Waals surface area contributed by atoms with E-state index in [0.717, 1.165) is 52.7 Å². The summed E-state index contributed by atoms with van der Waals surface area (Å²) in [5.41, 5.74) is 1.06. The standard InChI is InChI=1S/C23H32N2O3S/c1-27-13-11-24-23(26)22-21(18-9-5-6-10-20(18)29-22)19-16-25(12-14-28-19)15-17-7-3-2-4-8-17/h5-6,9-10,17,19H,2-4,7-8,11-16H2,1H3,(H,24,26)/t19-/m1/s1. The van der Waals surface area contributed by atoms with Gasteiger partial charge in [-0.05, 0) is 30.2 Å². The highest BCUT2D eigenvalue weighted by molar-refractivity contribution is 7.21. The van der Waals surface area contributed by atoms with E-state index in [1.54, 1.807) is 18.4 Å². The van der Waals surface area contributed by atoms with Crippen molar-refractivity contribution < 1.29 is 14.3 Å². The van der Waals surface area contributed by atoms with Gasteiger partial charge in [-0.3, -0.25) is 9.69 Å². The zero-order chi connectivity index (χ0) is 20.1. The largest absolute Gasteiger partial charge is 0.383 e. The summed E-state index contributed by atoms with van der Waals surface area (Å²) in [6.45, 7) is 4.78. The lowest BCUT2D eigenvalue weighted by Crippen LogP contribution is -2.41. The third-order valence-electron chi connectivity index (χ3n) is 6.15. The van der Waals surface area contributed by atoms with Crippen LogP contribution in [-0.4, -0.2) is 57.3 Å². The van der Waals surface area contributed by atoms with Crippen LogP contribution >= 0.6 is 11.3 Å². The molecule has 1 aromatic heterocycles. The van der Waals surface area contributed by atoms with Crippen LogP contribution in [-0.2, 0) is 9.47 Å². The second kappa shape index (κ2) is 10.0. The summed E-state index contributed by atoms with van der Waals surface area (Å²) in [6.07, 6.45) is 6.81. The molecule has 1 saturated heterocycles. The highest BCUT2D eigenvalue weighted by Gasteiger charge is 2.30. The van der Waals surface area contributed by atoms with Crippen LogP contribution in [0.4, 0.5) is 0 Å². The lowest BCUT2D eigenvalue weighted by Gasteiger charge is -2.36. The minimum absolute atomic E-state index is 0.0220. The number of ether oxygens (including phenoxy) is 2. The maximum atomic E-state index is 12.9. The van der Waals surface area contributed by atoms with Crippen molar-refractivity contribution in [3.05, 3.63) is 34.7 Å². The summed E-state index contributed by atoms with van der Waals surface area (Å²) >= 11 is 1.57. The smallest absolute Gasteiger partial charge is 0.261 e. The number of rotatable bonds is 7. The summed E-state index contributed by atoms with van der Waals surface area (Å²) in [6, 6.07) is 8.30. The molecule has 2 heterocycles. The fourth-order valence-corrected chi connectivity index (χ4v) is 5.85. The minimum Gasteiger partial charge on any atom is -0.383 e. The molecule has 1 aromatic carbocycles. The predicted octanol–water partition coefficient (Wildman–Crippen LogP) is 4.23. The Balaban J connectivity index is 1.54. The van der Waals surface area contributed by atoms with E-state index >= 15 is 0 Å². The van der Waals surface area contributed by atoms with Gasteiger partial charge in [-0.1, -0.05) is 37.5 Å². The summed E-state index contributed by atoms with van der Waals surface area (Å²) in [5.74, 6) is 0.796. The van der Waals surface area contributed by atoms with E-state index in [0.29, 0.717) is 13.2 Å². The highest BCUT2D eigenvalue weighted by Crippen LogP contribution is 2.38. The molecule has 158 valence electrons. The molecule has 0 bridgehead atoms. The molecule has 5 nitrogen and oxygen atoms in total. The Morgan fingerprint density at radius 2 is 2.10 bits per heavy atom. The Bertz CT molecular complexity index is 816. The van der Waals surface area contributed by atoms with Crippen molar-refractivity contribution in [2.75, 3.05) is 46.5 Å². The SMILES string of the molecule is COCCNC(=O)c1sc2ccccc2c1[C@H]1CN(CC2CCCCC2)CCO1. The van der Waals surface area contributed by atoms with Crippen molar-refractivity contribution in [3.63, 3.8) is 0 Å². The van der Waals surface area contributed by atoms with Gasteiger partial charge in [0.2, 0.25) is 0 Å². The van der Waals surface area contributed by atoms with E-state index in [9.17, 15) is 4.79 Å². The molecule has 4 rings (SSSR count).